The second-order valence-corrected chi connectivity index (χ2v) is 4.75. The van der Waals surface area contributed by atoms with Crippen LogP contribution < -0.4 is 0 Å². The van der Waals surface area contributed by atoms with Crippen molar-refractivity contribution in [2.75, 3.05) is 13.7 Å². The Balaban J connectivity index is 2.26. The Bertz CT molecular complexity index is 413. The zero-order valence-electron chi connectivity index (χ0n) is 9.54. The molecule has 1 atom stereocenters. The topological polar surface area (TPSA) is 75.2 Å². The van der Waals surface area contributed by atoms with E-state index in [0.717, 1.165) is 30.5 Å². The molecule has 0 saturated carbocycles. The van der Waals surface area contributed by atoms with Gasteiger partial charge >= 0.3 is 5.97 Å². The molecule has 0 aliphatic heterocycles. The lowest BCUT2D eigenvalue weighted by molar-refractivity contribution is 0.0684. The third kappa shape index (κ3) is 1.82. The van der Waals surface area contributed by atoms with Gasteiger partial charge in [-0.3, -0.25) is 5.10 Å². The predicted octanol–water partition coefficient (Wildman–Crippen LogP) is 1.25. The van der Waals surface area contributed by atoms with Crippen molar-refractivity contribution >= 4 is 5.97 Å². The fourth-order valence-electron chi connectivity index (χ4n) is 2.41. The van der Waals surface area contributed by atoms with Crippen LogP contribution >= 0.6 is 0 Å². The van der Waals surface area contributed by atoms with E-state index in [4.69, 9.17) is 9.84 Å². The molecule has 16 heavy (non-hydrogen) atoms. The zero-order chi connectivity index (χ0) is 11.8. The maximum absolute atomic E-state index is 10.9. The number of hydrogen-bond acceptors (Lipinski definition) is 3. The number of aromatic nitrogens is 2. The standard InChI is InChI=1S/C11H16N2O3/c1-11(6-16-2)4-3-7-8(5-11)12-13-9(7)10(14)15/h3-6H2,1-2H3,(H,12,13)(H,14,15)/t11-/m0/s1. The Labute approximate surface area is 93.8 Å². The summed E-state index contributed by atoms with van der Waals surface area (Å²) in [6.45, 7) is 2.84. The monoisotopic (exact) mass is 224 g/mol. The van der Waals surface area contributed by atoms with Gasteiger partial charge in [-0.25, -0.2) is 4.79 Å². The van der Waals surface area contributed by atoms with Crippen molar-refractivity contribution in [3.05, 3.63) is 17.0 Å². The highest BCUT2D eigenvalue weighted by Crippen LogP contribution is 2.35. The van der Waals surface area contributed by atoms with Crippen molar-refractivity contribution in [1.29, 1.82) is 0 Å². The number of nitrogens with one attached hydrogen (secondary N) is 1. The second-order valence-electron chi connectivity index (χ2n) is 4.75. The molecule has 1 aromatic heterocycles. The number of methoxy groups -OCH3 is 1. The molecule has 0 radical (unpaired) electrons. The van der Waals surface area contributed by atoms with Gasteiger partial charge < -0.3 is 9.84 Å². The molecule has 2 N–H and O–H groups in total. The average molecular weight is 224 g/mol. The first kappa shape index (κ1) is 11.1. The van der Waals surface area contributed by atoms with E-state index in [1.54, 1.807) is 7.11 Å². The van der Waals surface area contributed by atoms with Gasteiger partial charge in [0.1, 0.15) is 0 Å². The predicted molar refractivity (Wildman–Crippen MR) is 57.6 cm³/mol. The molecule has 1 aliphatic carbocycles. The number of rotatable bonds is 3. The lowest BCUT2D eigenvalue weighted by Gasteiger charge is -2.32. The largest absolute Gasteiger partial charge is 0.476 e. The molecule has 5 nitrogen and oxygen atoms in total. The van der Waals surface area contributed by atoms with Crippen LogP contribution in [-0.4, -0.2) is 35.0 Å². The molecule has 0 bridgehead atoms. The van der Waals surface area contributed by atoms with Crippen LogP contribution in [0.15, 0.2) is 0 Å². The number of carbonyl (C=O) groups is 1. The Morgan fingerprint density at radius 3 is 3.06 bits per heavy atom. The van der Waals surface area contributed by atoms with E-state index in [1.165, 1.54) is 0 Å². The van der Waals surface area contributed by atoms with Crippen molar-refractivity contribution in [2.45, 2.75) is 26.2 Å². The highest BCUT2D eigenvalue weighted by molar-refractivity contribution is 5.87. The SMILES string of the molecule is COC[C@@]1(C)CCc2c(C(=O)O)n[nH]c2C1. The summed E-state index contributed by atoms with van der Waals surface area (Å²) in [4.78, 5) is 10.9. The van der Waals surface area contributed by atoms with Gasteiger partial charge in [0, 0.05) is 18.4 Å². The van der Waals surface area contributed by atoms with Gasteiger partial charge in [-0.15, -0.1) is 0 Å². The fraction of sp³-hybridized carbons (Fsp3) is 0.636. The summed E-state index contributed by atoms with van der Waals surface area (Å²) in [6.07, 6.45) is 2.50. The molecular weight excluding hydrogens is 208 g/mol. The second kappa shape index (κ2) is 3.90. The summed E-state index contributed by atoms with van der Waals surface area (Å²) in [6, 6.07) is 0. The number of nitrogens with zero attached hydrogens (tertiary/aromatic N) is 1. The third-order valence-electron chi connectivity index (χ3n) is 3.23. The Hall–Kier alpha value is -1.36. The maximum atomic E-state index is 10.9. The molecule has 1 aromatic rings. The van der Waals surface area contributed by atoms with E-state index in [0.29, 0.717) is 6.61 Å². The van der Waals surface area contributed by atoms with Gasteiger partial charge in [-0.2, -0.15) is 5.10 Å². The highest BCUT2D eigenvalue weighted by atomic mass is 16.5. The first-order valence-corrected chi connectivity index (χ1v) is 5.34. The normalized spacial score (nSPS) is 24.1. The van der Waals surface area contributed by atoms with E-state index >= 15 is 0 Å². The number of carboxylic acids is 1. The van der Waals surface area contributed by atoms with Crippen LogP contribution in [0, 0.1) is 5.41 Å². The van der Waals surface area contributed by atoms with Crippen molar-refractivity contribution < 1.29 is 14.6 Å². The van der Waals surface area contributed by atoms with Crippen LogP contribution in [0.25, 0.3) is 0 Å². The van der Waals surface area contributed by atoms with Crippen LogP contribution in [0.5, 0.6) is 0 Å². The van der Waals surface area contributed by atoms with Gasteiger partial charge in [-0.05, 0) is 24.7 Å². The summed E-state index contributed by atoms with van der Waals surface area (Å²) >= 11 is 0. The summed E-state index contributed by atoms with van der Waals surface area (Å²) in [5.41, 5.74) is 2.07. The van der Waals surface area contributed by atoms with Gasteiger partial charge in [0.2, 0.25) is 0 Å². The van der Waals surface area contributed by atoms with E-state index < -0.39 is 5.97 Å². The summed E-state index contributed by atoms with van der Waals surface area (Å²) in [7, 11) is 1.69. The van der Waals surface area contributed by atoms with E-state index in [9.17, 15) is 4.79 Å². The molecule has 0 spiro atoms. The first-order valence-electron chi connectivity index (χ1n) is 5.34. The van der Waals surface area contributed by atoms with Crippen molar-refractivity contribution in [2.24, 2.45) is 5.41 Å². The Morgan fingerprint density at radius 2 is 2.44 bits per heavy atom. The summed E-state index contributed by atoms with van der Waals surface area (Å²) < 4.78 is 5.20. The number of H-pyrrole nitrogens is 1. The molecular formula is C11H16N2O3. The summed E-state index contributed by atoms with van der Waals surface area (Å²) in [5, 5.41) is 15.6. The van der Waals surface area contributed by atoms with Gasteiger partial charge in [0.05, 0.1) is 6.61 Å². The van der Waals surface area contributed by atoms with E-state index in [2.05, 4.69) is 17.1 Å². The number of hydrogen-bond donors (Lipinski definition) is 2. The Kier molecular flexibility index (Phi) is 2.71. The van der Waals surface area contributed by atoms with Crippen molar-refractivity contribution in [1.82, 2.24) is 10.2 Å². The minimum atomic E-state index is -0.951. The van der Waals surface area contributed by atoms with Crippen LogP contribution in [0.3, 0.4) is 0 Å². The molecule has 1 heterocycles. The number of aromatic carboxylic acids is 1. The quantitative estimate of drug-likeness (QED) is 0.810. The minimum Gasteiger partial charge on any atom is -0.476 e. The molecule has 0 saturated heterocycles. The third-order valence-corrected chi connectivity index (χ3v) is 3.23. The average Bonchev–Trinajstić information content (AvgIpc) is 2.60. The number of aromatic amines is 1. The first-order chi connectivity index (χ1) is 7.56. The van der Waals surface area contributed by atoms with Crippen LogP contribution in [0.2, 0.25) is 0 Å². The van der Waals surface area contributed by atoms with Crippen LogP contribution in [0.1, 0.15) is 35.1 Å². The molecule has 1 aliphatic rings. The molecule has 0 amide bonds. The van der Waals surface area contributed by atoms with Crippen LogP contribution in [-0.2, 0) is 17.6 Å². The fourth-order valence-corrected chi connectivity index (χ4v) is 2.41. The molecule has 2 rings (SSSR count). The van der Waals surface area contributed by atoms with Crippen LogP contribution in [0.4, 0.5) is 0 Å². The highest BCUT2D eigenvalue weighted by Gasteiger charge is 2.33. The molecule has 5 heteroatoms. The molecule has 88 valence electrons. The van der Waals surface area contributed by atoms with Gasteiger partial charge in [-0.1, -0.05) is 6.92 Å². The molecule has 0 unspecified atom stereocenters. The zero-order valence-corrected chi connectivity index (χ0v) is 9.54. The van der Waals surface area contributed by atoms with E-state index in [-0.39, 0.29) is 11.1 Å². The minimum absolute atomic E-state index is 0.0874. The number of fused-ring (bicyclic) bond motifs is 1. The van der Waals surface area contributed by atoms with E-state index in [1.807, 2.05) is 0 Å². The number of carboxylic acid groups (broad SMARTS) is 1. The molecule has 0 aromatic carbocycles. The Morgan fingerprint density at radius 1 is 1.69 bits per heavy atom. The van der Waals surface area contributed by atoms with Crippen molar-refractivity contribution in [3.63, 3.8) is 0 Å². The van der Waals surface area contributed by atoms with Gasteiger partial charge in [0.25, 0.3) is 0 Å². The lowest BCUT2D eigenvalue weighted by atomic mass is 9.75. The number of ether oxygens (including phenoxy) is 1. The van der Waals surface area contributed by atoms with Gasteiger partial charge in [0.15, 0.2) is 5.69 Å². The summed E-state index contributed by atoms with van der Waals surface area (Å²) in [5.74, 6) is -0.951. The lowest BCUT2D eigenvalue weighted by Crippen LogP contribution is -2.30. The molecule has 0 fully saturated rings. The van der Waals surface area contributed by atoms with Crippen molar-refractivity contribution in [3.8, 4) is 0 Å². The smallest absolute Gasteiger partial charge is 0.356 e. The maximum Gasteiger partial charge on any atom is 0.356 e.